The Morgan fingerprint density at radius 2 is 1.79 bits per heavy atom. The van der Waals surface area contributed by atoms with E-state index in [0.29, 0.717) is 17.4 Å². The van der Waals surface area contributed by atoms with E-state index in [1.54, 1.807) is 13.1 Å². The van der Waals surface area contributed by atoms with Gasteiger partial charge in [-0.2, -0.15) is 0 Å². The van der Waals surface area contributed by atoms with Crippen molar-refractivity contribution >= 4 is 28.2 Å². The van der Waals surface area contributed by atoms with Gasteiger partial charge in [0.25, 0.3) is 5.56 Å². The summed E-state index contributed by atoms with van der Waals surface area (Å²) >= 11 is 6.01. The predicted molar refractivity (Wildman–Crippen MR) is 118 cm³/mol. The number of fused-ring (bicyclic) bond motifs is 1. The minimum atomic E-state index is -0.400. The summed E-state index contributed by atoms with van der Waals surface area (Å²) in [5.41, 5.74) is 8.46. The average Bonchev–Trinajstić information content (AvgIpc) is 2.74. The minimum absolute atomic E-state index is 0.0746. The third-order valence-corrected chi connectivity index (χ3v) is 6.48. The van der Waals surface area contributed by atoms with Crippen LogP contribution >= 0.6 is 11.6 Å². The van der Waals surface area contributed by atoms with E-state index in [-0.39, 0.29) is 11.0 Å². The molecule has 0 aliphatic carbocycles. The third-order valence-electron chi connectivity index (χ3n) is 6.23. The topological polar surface area (TPSA) is 84.1 Å². The minimum Gasteiger partial charge on any atom is -0.371 e. The van der Waals surface area contributed by atoms with Crippen LogP contribution in [0.2, 0.25) is 5.02 Å². The molecule has 1 aliphatic rings. The second-order valence-electron chi connectivity index (χ2n) is 8.01. The predicted octanol–water partition coefficient (Wildman–Crippen LogP) is 2.67. The number of H-pyrrole nitrogens is 1. The van der Waals surface area contributed by atoms with Crippen molar-refractivity contribution in [1.82, 2.24) is 9.55 Å². The molecule has 0 atom stereocenters. The molecule has 4 rings (SSSR count). The van der Waals surface area contributed by atoms with E-state index in [2.05, 4.69) is 22.0 Å². The summed E-state index contributed by atoms with van der Waals surface area (Å²) in [5, 5.41) is 1.27. The van der Waals surface area contributed by atoms with Crippen molar-refractivity contribution in [1.29, 1.82) is 0 Å². The van der Waals surface area contributed by atoms with Crippen molar-refractivity contribution in [3.05, 3.63) is 73.9 Å². The molecule has 1 fully saturated rings. The molecule has 1 aromatic heterocycles. The molecule has 2 aromatic carbocycles. The standard InChI is InChI=1S/C22H25ClN4O2/c1-26-19-12-17(6-7-18(19)20(28)25-21(26)29)27-10-8-22(14-24,9-11-27)13-15-2-4-16(23)5-3-15/h2-7,12H,8-11,13-14,24H2,1H3,(H,25,28,29). The van der Waals surface area contributed by atoms with Gasteiger partial charge in [-0.25, -0.2) is 4.79 Å². The summed E-state index contributed by atoms with van der Waals surface area (Å²) in [4.78, 5) is 28.6. The molecular weight excluding hydrogens is 388 g/mol. The van der Waals surface area contributed by atoms with Gasteiger partial charge in [-0.15, -0.1) is 0 Å². The Labute approximate surface area is 173 Å². The van der Waals surface area contributed by atoms with E-state index in [1.807, 2.05) is 24.3 Å². The lowest BCUT2D eigenvalue weighted by molar-refractivity contribution is 0.226. The fourth-order valence-corrected chi connectivity index (χ4v) is 4.40. The zero-order chi connectivity index (χ0) is 20.6. The molecular formula is C22H25ClN4O2. The fraction of sp³-hybridized carbons (Fsp3) is 0.364. The van der Waals surface area contributed by atoms with E-state index in [9.17, 15) is 9.59 Å². The highest BCUT2D eigenvalue weighted by atomic mass is 35.5. The summed E-state index contributed by atoms with van der Waals surface area (Å²) < 4.78 is 1.48. The number of halogens is 1. The molecule has 7 heteroatoms. The second-order valence-corrected chi connectivity index (χ2v) is 8.45. The maximum Gasteiger partial charge on any atom is 0.328 e. The first kappa shape index (κ1) is 19.7. The maximum absolute atomic E-state index is 12.1. The van der Waals surface area contributed by atoms with Crippen LogP contribution in [0.3, 0.4) is 0 Å². The number of aromatic nitrogens is 2. The van der Waals surface area contributed by atoms with Crippen LogP contribution in [0.4, 0.5) is 5.69 Å². The number of hydrogen-bond acceptors (Lipinski definition) is 4. The van der Waals surface area contributed by atoms with Crippen molar-refractivity contribution in [2.24, 2.45) is 18.2 Å². The molecule has 0 bridgehead atoms. The number of benzene rings is 2. The van der Waals surface area contributed by atoms with Gasteiger partial charge < -0.3 is 10.6 Å². The number of piperidine rings is 1. The molecule has 3 N–H and O–H groups in total. The highest BCUT2D eigenvalue weighted by Crippen LogP contribution is 2.36. The highest BCUT2D eigenvalue weighted by molar-refractivity contribution is 6.30. The number of nitrogens with two attached hydrogens (primary N) is 1. The summed E-state index contributed by atoms with van der Waals surface area (Å²) in [6, 6.07) is 13.7. The van der Waals surface area contributed by atoms with Crippen LogP contribution in [0.5, 0.6) is 0 Å². The van der Waals surface area contributed by atoms with E-state index in [4.69, 9.17) is 17.3 Å². The zero-order valence-electron chi connectivity index (χ0n) is 16.5. The number of rotatable bonds is 4. The van der Waals surface area contributed by atoms with E-state index < -0.39 is 5.69 Å². The van der Waals surface area contributed by atoms with Crippen LogP contribution in [0, 0.1) is 5.41 Å². The van der Waals surface area contributed by atoms with Gasteiger partial charge in [0, 0.05) is 30.8 Å². The average molecular weight is 413 g/mol. The summed E-state index contributed by atoms with van der Waals surface area (Å²) in [6.45, 7) is 2.41. The summed E-state index contributed by atoms with van der Waals surface area (Å²) in [6.07, 6.45) is 2.91. The fourth-order valence-electron chi connectivity index (χ4n) is 4.27. The number of hydrogen-bond donors (Lipinski definition) is 2. The van der Waals surface area contributed by atoms with Gasteiger partial charge in [0.15, 0.2) is 0 Å². The molecule has 3 aromatic rings. The normalized spacial score (nSPS) is 16.3. The smallest absolute Gasteiger partial charge is 0.328 e. The molecule has 1 saturated heterocycles. The van der Waals surface area contributed by atoms with Crippen molar-refractivity contribution in [3.8, 4) is 0 Å². The molecule has 0 saturated carbocycles. The lowest BCUT2D eigenvalue weighted by atomic mass is 9.74. The molecule has 0 radical (unpaired) electrons. The lowest BCUT2D eigenvalue weighted by Gasteiger charge is -2.42. The zero-order valence-corrected chi connectivity index (χ0v) is 17.2. The monoisotopic (exact) mass is 412 g/mol. The molecule has 0 unspecified atom stereocenters. The Kier molecular flexibility index (Phi) is 5.23. The molecule has 6 nitrogen and oxygen atoms in total. The summed E-state index contributed by atoms with van der Waals surface area (Å²) in [7, 11) is 1.67. The molecule has 2 heterocycles. The number of nitrogens with one attached hydrogen (secondary N) is 1. The van der Waals surface area contributed by atoms with E-state index >= 15 is 0 Å². The number of aryl methyl sites for hydroxylation is 1. The van der Waals surface area contributed by atoms with Crippen LogP contribution in [-0.2, 0) is 13.5 Å². The van der Waals surface area contributed by atoms with Crippen LogP contribution < -0.4 is 21.9 Å². The first-order valence-electron chi connectivity index (χ1n) is 9.83. The molecule has 152 valence electrons. The second kappa shape index (κ2) is 7.69. The van der Waals surface area contributed by atoms with Gasteiger partial charge in [0.05, 0.1) is 10.9 Å². The van der Waals surface area contributed by atoms with Gasteiger partial charge in [-0.3, -0.25) is 14.3 Å². The largest absolute Gasteiger partial charge is 0.371 e. The van der Waals surface area contributed by atoms with Gasteiger partial charge in [-0.1, -0.05) is 23.7 Å². The van der Waals surface area contributed by atoms with Gasteiger partial charge in [-0.05, 0) is 67.1 Å². The first-order chi connectivity index (χ1) is 13.9. The number of aromatic amines is 1. The quantitative estimate of drug-likeness (QED) is 0.690. The molecule has 1 aliphatic heterocycles. The molecule has 0 spiro atoms. The third kappa shape index (κ3) is 3.82. The number of anilines is 1. The Bertz CT molecular complexity index is 1140. The first-order valence-corrected chi connectivity index (χ1v) is 10.2. The van der Waals surface area contributed by atoms with E-state index in [1.165, 1.54) is 10.1 Å². The van der Waals surface area contributed by atoms with Crippen molar-refractivity contribution in [3.63, 3.8) is 0 Å². The maximum atomic E-state index is 12.1. The SMILES string of the molecule is Cn1c(=O)[nH]c(=O)c2ccc(N3CCC(CN)(Cc4ccc(Cl)cc4)CC3)cc21. The van der Waals surface area contributed by atoms with Crippen LogP contribution in [0.1, 0.15) is 18.4 Å². The van der Waals surface area contributed by atoms with Crippen LogP contribution in [0.15, 0.2) is 52.1 Å². The Balaban J connectivity index is 1.55. The van der Waals surface area contributed by atoms with Crippen molar-refractivity contribution in [2.75, 3.05) is 24.5 Å². The van der Waals surface area contributed by atoms with Gasteiger partial charge in [0.1, 0.15) is 0 Å². The Morgan fingerprint density at radius 1 is 1.10 bits per heavy atom. The van der Waals surface area contributed by atoms with Gasteiger partial charge in [0.2, 0.25) is 0 Å². The Morgan fingerprint density at radius 3 is 2.45 bits per heavy atom. The summed E-state index contributed by atoms with van der Waals surface area (Å²) in [5.74, 6) is 0. The van der Waals surface area contributed by atoms with Crippen LogP contribution in [0.25, 0.3) is 10.9 Å². The van der Waals surface area contributed by atoms with Crippen molar-refractivity contribution < 1.29 is 0 Å². The number of nitrogens with zero attached hydrogens (tertiary/aromatic N) is 2. The van der Waals surface area contributed by atoms with Crippen molar-refractivity contribution in [2.45, 2.75) is 19.3 Å². The van der Waals surface area contributed by atoms with Crippen LogP contribution in [-0.4, -0.2) is 29.2 Å². The highest BCUT2D eigenvalue weighted by Gasteiger charge is 2.33. The van der Waals surface area contributed by atoms with E-state index in [0.717, 1.165) is 43.1 Å². The van der Waals surface area contributed by atoms with Gasteiger partial charge >= 0.3 is 5.69 Å². The lowest BCUT2D eigenvalue weighted by Crippen LogP contribution is -2.45. The Hall–Kier alpha value is -2.57. The molecule has 29 heavy (non-hydrogen) atoms. The molecule has 0 amide bonds.